The lowest BCUT2D eigenvalue weighted by molar-refractivity contribution is -0.120. The van der Waals surface area contributed by atoms with E-state index in [9.17, 15) is 4.79 Å². The van der Waals surface area contributed by atoms with Crippen molar-refractivity contribution in [1.29, 1.82) is 0 Å². The zero-order chi connectivity index (χ0) is 12.6. The van der Waals surface area contributed by atoms with Crippen LogP contribution in [0.25, 0.3) is 0 Å². The molecule has 1 aliphatic heterocycles. The van der Waals surface area contributed by atoms with E-state index < -0.39 is 0 Å². The molecular weight excluding hydrogens is 244 g/mol. The molecule has 2 N–H and O–H groups in total. The number of hydrogen-bond acceptors (Lipinski definition) is 3. The van der Waals surface area contributed by atoms with E-state index in [0.717, 1.165) is 25.3 Å². The molecule has 1 atom stereocenters. The number of thioether (sulfide) groups is 1. The van der Waals surface area contributed by atoms with E-state index in [1.807, 2.05) is 0 Å². The highest BCUT2D eigenvalue weighted by molar-refractivity contribution is 8.00. The number of carbonyl (C=O) groups is 1. The Morgan fingerprint density at radius 1 is 1.00 bits per heavy atom. The highest BCUT2D eigenvalue weighted by Gasteiger charge is 2.22. The summed E-state index contributed by atoms with van der Waals surface area (Å²) in [7, 11) is 0. The minimum atomic E-state index is 0.225. The smallest absolute Gasteiger partial charge is 0.233 e. The van der Waals surface area contributed by atoms with Crippen LogP contribution in [0.1, 0.15) is 51.4 Å². The summed E-state index contributed by atoms with van der Waals surface area (Å²) in [4.78, 5) is 11.8. The quantitative estimate of drug-likeness (QED) is 0.595. The van der Waals surface area contributed by atoms with Crippen LogP contribution in [-0.2, 0) is 4.79 Å². The van der Waals surface area contributed by atoms with Crippen LogP contribution in [-0.4, -0.2) is 36.0 Å². The molecule has 18 heavy (non-hydrogen) atoms. The van der Waals surface area contributed by atoms with Crippen molar-refractivity contribution in [3.8, 4) is 0 Å². The van der Waals surface area contributed by atoms with Crippen LogP contribution in [0, 0.1) is 0 Å². The van der Waals surface area contributed by atoms with E-state index in [-0.39, 0.29) is 11.2 Å². The molecule has 104 valence electrons. The largest absolute Gasteiger partial charge is 0.354 e. The molecule has 1 saturated heterocycles. The summed E-state index contributed by atoms with van der Waals surface area (Å²) in [5.41, 5.74) is 0. The molecule has 2 rings (SSSR count). The lowest BCUT2D eigenvalue weighted by atomic mass is 10.1. The molecule has 1 heterocycles. The Hall–Kier alpha value is -0.220. The average molecular weight is 270 g/mol. The van der Waals surface area contributed by atoms with Crippen molar-refractivity contribution in [3.05, 3.63) is 0 Å². The van der Waals surface area contributed by atoms with Gasteiger partial charge >= 0.3 is 0 Å². The molecule has 0 aromatic heterocycles. The number of rotatable bonds is 5. The van der Waals surface area contributed by atoms with Gasteiger partial charge in [-0.15, -0.1) is 11.8 Å². The fourth-order valence-electron chi connectivity index (χ4n) is 2.84. The van der Waals surface area contributed by atoms with Crippen molar-refractivity contribution < 1.29 is 4.79 Å². The highest BCUT2D eigenvalue weighted by atomic mass is 32.2. The number of hydrogen-bond donors (Lipinski definition) is 2. The van der Waals surface area contributed by atoms with Gasteiger partial charge in [-0.05, 0) is 31.4 Å². The topological polar surface area (TPSA) is 41.1 Å². The Bertz CT molecular complexity index is 246. The zero-order valence-electron chi connectivity index (χ0n) is 11.2. The van der Waals surface area contributed by atoms with E-state index in [4.69, 9.17) is 0 Å². The summed E-state index contributed by atoms with van der Waals surface area (Å²) < 4.78 is 0. The maximum absolute atomic E-state index is 11.8. The first-order valence-corrected chi connectivity index (χ1v) is 8.54. The predicted molar refractivity (Wildman–Crippen MR) is 78.0 cm³/mol. The molecular formula is C14H26N2OS. The van der Waals surface area contributed by atoms with Crippen molar-refractivity contribution in [1.82, 2.24) is 10.6 Å². The second kappa shape index (κ2) is 8.05. The van der Waals surface area contributed by atoms with Gasteiger partial charge in [0.15, 0.2) is 0 Å². The van der Waals surface area contributed by atoms with Crippen LogP contribution in [0.2, 0.25) is 0 Å². The van der Waals surface area contributed by atoms with E-state index in [2.05, 4.69) is 10.6 Å². The maximum Gasteiger partial charge on any atom is 0.233 e. The minimum Gasteiger partial charge on any atom is -0.354 e. The molecule has 0 radical (unpaired) electrons. The van der Waals surface area contributed by atoms with E-state index in [1.54, 1.807) is 11.8 Å². The van der Waals surface area contributed by atoms with Gasteiger partial charge in [0.2, 0.25) is 5.91 Å². The second-order valence-electron chi connectivity index (χ2n) is 5.44. The molecule has 0 bridgehead atoms. The Labute approximate surface area is 115 Å². The van der Waals surface area contributed by atoms with E-state index in [1.165, 1.54) is 44.9 Å². The molecule has 1 unspecified atom stereocenters. The zero-order valence-corrected chi connectivity index (χ0v) is 12.1. The summed E-state index contributed by atoms with van der Waals surface area (Å²) in [6.07, 6.45) is 10.4. The molecule has 0 aromatic carbocycles. The summed E-state index contributed by atoms with van der Waals surface area (Å²) in [6.45, 7) is 1.71. The third-order valence-electron chi connectivity index (χ3n) is 3.93. The standard InChI is InChI=1S/C14H26N2OS/c17-14(13-8-5-11-18-13)16-10-9-15-12-6-3-1-2-4-7-12/h12-13,15H,1-11H2,(H,16,17). The maximum atomic E-state index is 11.8. The molecule has 1 saturated carbocycles. The minimum absolute atomic E-state index is 0.225. The van der Waals surface area contributed by atoms with Gasteiger partial charge in [0.05, 0.1) is 5.25 Å². The van der Waals surface area contributed by atoms with Gasteiger partial charge in [0.25, 0.3) is 0 Å². The van der Waals surface area contributed by atoms with Crippen molar-refractivity contribution in [3.63, 3.8) is 0 Å². The molecule has 2 fully saturated rings. The Morgan fingerprint density at radius 3 is 2.44 bits per heavy atom. The first-order valence-electron chi connectivity index (χ1n) is 7.49. The van der Waals surface area contributed by atoms with Crippen molar-refractivity contribution in [2.24, 2.45) is 0 Å². The summed E-state index contributed by atoms with van der Waals surface area (Å²) in [5.74, 6) is 1.40. The Morgan fingerprint density at radius 2 is 1.78 bits per heavy atom. The third-order valence-corrected chi connectivity index (χ3v) is 5.31. The molecule has 1 amide bonds. The van der Waals surface area contributed by atoms with Gasteiger partial charge in [0, 0.05) is 19.1 Å². The molecule has 3 nitrogen and oxygen atoms in total. The Balaban J connectivity index is 1.53. The third kappa shape index (κ3) is 4.81. The fourth-order valence-corrected chi connectivity index (χ4v) is 4.03. The van der Waals surface area contributed by atoms with Gasteiger partial charge in [-0.2, -0.15) is 0 Å². The van der Waals surface area contributed by atoms with Gasteiger partial charge in [-0.1, -0.05) is 25.7 Å². The van der Waals surface area contributed by atoms with Gasteiger partial charge in [-0.3, -0.25) is 4.79 Å². The summed E-state index contributed by atoms with van der Waals surface area (Å²) >= 11 is 1.81. The predicted octanol–water partition coefficient (Wildman–Crippen LogP) is 2.31. The SMILES string of the molecule is O=C(NCCNC1CCCCCC1)C1CCCS1. The van der Waals surface area contributed by atoms with Crippen LogP contribution >= 0.6 is 11.8 Å². The fraction of sp³-hybridized carbons (Fsp3) is 0.929. The second-order valence-corrected chi connectivity index (χ2v) is 6.75. The summed E-state index contributed by atoms with van der Waals surface area (Å²) in [5, 5.41) is 6.87. The van der Waals surface area contributed by atoms with E-state index >= 15 is 0 Å². The number of nitrogens with one attached hydrogen (secondary N) is 2. The number of carbonyl (C=O) groups excluding carboxylic acids is 1. The number of amides is 1. The van der Waals surface area contributed by atoms with Crippen LogP contribution in [0.3, 0.4) is 0 Å². The molecule has 0 aromatic rings. The van der Waals surface area contributed by atoms with Crippen LogP contribution < -0.4 is 10.6 Å². The van der Waals surface area contributed by atoms with Gasteiger partial charge in [0.1, 0.15) is 0 Å². The Kier molecular flexibility index (Phi) is 6.35. The lowest BCUT2D eigenvalue weighted by Gasteiger charge is -2.17. The lowest BCUT2D eigenvalue weighted by Crippen LogP contribution is -2.39. The normalized spacial score (nSPS) is 25.9. The van der Waals surface area contributed by atoms with Crippen LogP contribution in [0.4, 0.5) is 0 Å². The van der Waals surface area contributed by atoms with Crippen LogP contribution in [0.15, 0.2) is 0 Å². The van der Waals surface area contributed by atoms with Crippen molar-refractivity contribution in [2.45, 2.75) is 62.7 Å². The van der Waals surface area contributed by atoms with Gasteiger partial charge in [-0.25, -0.2) is 0 Å². The average Bonchev–Trinajstić information content (AvgIpc) is 2.80. The molecule has 0 spiro atoms. The first kappa shape index (κ1) is 14.2. The van der Waals surface area contributed by atoms with E-state index in [0.29, 0.717) is 6.04 Å². The summed E-state index contributed by atoms with van der Waals surface area (Å²) in [6, 6.07) is 0.685. The molecule has 1 aliphatic carbocycles. The molecule has 2 aliphatic rings. The monoisotopic (exact) mass is 270 g/mol. The first-order chi connectivity index (χ1) is 8.86. The van der Waals surface area contributed by atoms with Crippen molar-refractivity contribution in [2.75, 3.05) is 18.8 Å². The molecule has 4 heteroatoms. The van der Waals surface area contributed by atoms with Gasteiger partial charge < -0.3 is 10.6 Å². The highest BCUT2D eigenvalue weighted by Crippen LogP contribution is 2.25. The van der Waals surface area contributed by atoms with Crippen LogP contribution in [0.5, 0.6) is 0 Å². The van der Waals surface area contributed by atoms with Crippen molar-refractivity contribution >= 4 is 17.7 Å².